The Bertz CT molecular complexity index is 932. The first-order valence-electron chi connectivity index (χ1n) is 9.01. The number of ether oxygens (including phenoxy) is 1. The molecule has 0 atom stereocenters. The number of nitrogens with zero attached hydrogens (tertiary/aromatic N) is 2. The van der Waals surface area contributed by atoms with Gasteiger partial charge in [-0.15, -0.1) is 0 Å². The first-order valence-corrected chi connectivity index (χ1v) is 9.01. The maximum absolute atomic E-state index is 13.0. The molecule has 0 saturated carbocycles. The van der Waals surface area contributed by atoms with E-state index in [1.165, 1.54) is 12.1 Å². The number of anilines is 1. The summed E-state index contributed by atoms with van der Waals surface area (Å²) in [5.41, 5.74) is 1.44. The van der Waals surface area contributed by atoms with Crippen LogP contribution in [0, 0.1) is 5.82 Å². The molecule has 2 heterocycles. The minimum Gasteiger partial charge on any atom is -0.488 e. The summed E-state index contributed by atoms with van der Waals surface area (Å²) >= 11 is 0. The lowest BCUT2D eigenvalue weighted by molar-refractivity contribution is 0.116. The smallest absolute Gasteiger partial charge is 0.321 e. The molecule has 0 aliphatic carbocycles. The molecular weight excluding hydrogens is 345 g/mol. The van der Waals surface area contributed by atoms with E-state index in [0.717, 1.165) is 29.5 Å². The summed E-state index contributed by atoms with van der Waals surface area (Å²) in [7, 11) is 0. The van der Waals surface area contributed by atoms with Gasteiger partial charge in [0.15, 0.2) is 0 Å². The summed E-state index contributed by atoms with van der Waals surface area (Å²) in [6, 6.07) is 15.4. The molecular formula is C21H20FN3O2. The number of benzene rings is 2. The maximum Gasteiger partial charge on any atom is 0.321 e. The number of nitrogens with one attached hydrogen (secondary N) is 1. The molecule has 1 N–H and O–H groups in total. The van der Waals surface area contributed by atoms with Gasteiger partial charge in [0.25, 0.3) is 0 Å². The second-order valence-electron chi connectivity index (χ2n) is 6.57. The number of urea groups is 1. The van der Waals surface area contributed by atoms with Crippen LogP contribution in [0.3, 0.4) is 0 Å². The molecule has 1 aliphatic heterocycles. The summed E-state index contributed by atoms with van der Waals surface area (Å²) in [4.78, 5) is 18.5. The summed E-state index contributed by atoms with van der Waals surface area (Å²) < 4.78 is 19.1. The van der Waals surface area contributed by atoms with Gasteiger partial charge >= 0.3 is 6.03 Å². The number of halogens is 1. The molecule has 27 heavy (non-hydrogen) atoms. The fourth-order valence-corrected chi connectivity index (χ4v) is 3.26. The maximum atomic E-state index is 13.0. The van der Waals surface area contributed by atoms with Gasteiger partial charge in [-0.3, -0.25) is 4.98 Å². The molecule has 1 aliphatic rings. The largest absolute Gasteiger partial charge is 0.488 e. The minimum absolute atomic E-state index is 0.0486. The Labute approximate surface area is 156 Å². The Balaban J connectivity index is 1.34. The average molecular weight is 365 g/mol. The average Bonchev–Trinajstić information content (AvgIpc) is 2.70. The van der Waals surface area contributed by atoms with Crippen LogP contribution in [0.4, 0.5) is 14.9 Å². The fourth-order valence-electron chi connectivity index (χ4n) is 3.26. The minimum atomic E-state index is -0.325. The topological polar surface area (TPSA) is 54.5 Å². The lowest BCUT2D eigenvalue weighted by atomic mass is 10.1. The molecule has 1 fully saturated rings. The summed E-state index contributed by atoms with van der Waals surface area (Å²) in [6.45, 7) is 1.21. The molecule has 0 radical (unpaired) electrons. The predicted molar refractivity (Wildman–Crippen MR) is 102 cm³/mol. The summed E-state index contributed by atoms with van der Waals surface area (Å²) in [6.07, 6.45) is 3.31. The number of aromatic nitrogens is 1. The molecule has 0 spiro atoms. The van der Waals surface area contributed by atoms with E-state index < -0.39 is 0 Å². The van der Waals surface area contributed by atoms with Gasteiger partial charge < -0.3 is 15.0 Å². The molecule has 138 valence electrons. The van der Waals surface area contributed by atoms with Crippen LogP contribution in [0.15, 0.2) is 60.8 Å². The van der Waals surface area contributed by atoms with Crippen molar-refractivity contribution < 1.29 is 13.9 Å². The van der Waals surface area contributed by atoms with Gasteiger partial charge in [-0.1, -0.05) is 18.2 Å². The first kappa shape index (κ1) is 17.3. The number of fused-ring (bicyclic) bond motifs is 1. The van der Waals surface area contributed by atoms with E-state index in [1.54, 1.807) is 23.2 Å². The van der Waals surface area contributed by atoms with Crippen LogP contribution in [-0.2, 0) is 0 Å². The molecule has 2 amide bonds. The van der Waals surface area contributed by atoms with Gasteiger partial charge in [0.2, 0.25) is 0 Å². The fraction of sp³-hybridized carbons (Fsp3) is 0.238. The second-order valence-corrected chi connectivity index (χ2v) is 6.57. The highest BCUT2D eigenvalue weighted by Crippen LogP contribution is 2.26. The van der Waals surface area contributed by atoms with E-state index in [9.17, 15) is 9.18 Å². The highest BCUT2D eigenvalue weighted by molar-refractivity contribution is 5.89. The standard InChI is InChI=1S/C21H20FN3O2/c22-16-6-8-17(9-7-16)24-21(26)25-13-10-18(11-14-25)27-19-5-1-3-15-4-2-12-23-20(15)19/h1-9,12,18H,10-11,13-14H2,(H,24,26). The normalized spacial score (nSPS) is 14.9. The highest BCUT2D eigenvalue weighted by Gasteiger charge is 2.24. The Morgan fingerprint density at radius 2 is 1.81 bits per heavy atom. The lowest BCUT2D eigenvalue weighted by Gasteiger charge is -2.32. The Morgan fingerprint density at radius 3 is 2.59 bits per heavy atom. The zero-order valence-corrected chi connectivity index (χ0v) is 14.8. The van der Waals surface area contributed by atoms with Crippen molar-refractivity contribution >= 4 is 22.6 Å². The van der Waals surface area contributed by atoms with Crippen LogP contribution in [0.1, 0.15) is 12.8 Å². The number of likely N-dealkylation sites (tertiary alicyclic amines) is 1. The third-order valence-corrected chi connectivity index (χ3v) is 4.71. The van der Waals surface area contributed by atoms with Gasteiger partial charge in [-0.05, 0) is 36.4 Å². The molecule has 1 aromatic heterocycles. The Kier molecular flexibility index (Phi) is 4.87. The molecule has 0 bridgehead atoms. The van der Waals surface area contributed by atoms with Crippen molar-refractivity contribution in [2.75, 3.05) is 18.4 Å². The summed E-state index contributed by atoms with van der Waals surface area (Å²) in [5.74, 6) is 0.455. The molecule has 1 saturated heterocycles. The van der Waals surface area contributed by atoms with E-state index >= 15 is 0 Å². The first-order chi connectivity index (χ1) is 13.2. The van der Waals surface area contributed by atoms with Crippen molar-refractivity contribution in [1.29, 1.82) is 0 Å². The van der Waals surface area contributed by atoms with E-state index in [-0.39, 0.29) is 18.0 Å². The Hall–Kier alpha value is -3.15. The third-order valence-electron chi connectivity index (χ3n) is 4.71. The number of hydrogen-bond donors (Lipinski definition) is 1. The number of hydrogen-bond acceptors (Lipinski definition) is 3. The van der Waals surface area contributed by atoms with E-state index in [1.807, 2.05) is 30.3 Å². The predicted octanol–water partition coefficient (Wildman–Crippen LogP) is 4.45. The van der Waals surface area contributed by atoms with Crippen LogP contribution in [-0.4, -0.2) is 35.1 Å². The van der Waals surface area contributed by atoms with Crippen molar-refractivity contribution in [3.63, 3.8) is 0 Å². The zero-order valence-electron chi connectivity index (χ0n) is 14.8. The van der Waals surface area contributed by atoms with Crippen molar-refractivity contribution in [2.24, 2.45) is 0 Å². The second kappa shape index (κ2) is 7.61. The molecule has 2 aromatic carbocycles. The number of carbonyl (C=O) groups excluding carboxylic acids is 1. The lowest BCUT2D eigenvalue weighted by Crippen LogP contribution is -2.43. The third kappa shape index (κ3) is 4.00. The van der Waals surface area contributed by atoms with Gasteiger partial charge in [-0.2, -0.15) is 0 Å². The van der Waals surface area contributed by atoms with Crippen molar-refractivity contribution in [1.82, 2.24) is 9.88 Å². The van der Waals surface area contributed by atoms with Gasteiger partial charge in [0, 0.05) is 43.2 Å². The van der Waals surface area contributed by atoms with Crippen LogP contribution in [0.5, 0.6) is 5.75 Å². The SMILES string of the molecule is O=C(Nc1ccc(F)cc1)N1CCC(Oc2cccc3cccnc23)CC1. The van der Waals surface area contributed by atoms with E-state index in [0.29, 0.717) is 18.8 Å². The zero-order chi connectivity index (χ0) is 18.6. The number of piperidine rings is 1. The molecule has 4 rings (SSSR count). The van der Waals surface area contributed by atoms with Crippen LogP contribution >= 0.6 is 0 Å². The highest BCUT2D eigenvalue weighted by atomic mass is 19.1. The van der Waals surface area contributed by atoms with Crippen molar-refractivity contribution in [2.45, 2.75) is 18.9 Å². The quantitative estimate of drug-likeness (QED) is 0.746. The van der Waals surface area contributed by atoms with Gasteiger partial charge in [0.1, 0.15) is 23.2 Å². The Morgan fingerprint density at radius 1 is 1.07 bits per heavy atom. The van der Waals surface area contributed by atoms with Crippen LogP contribution < -0.4 is 10.1 Å². The number of rotatable bonds is 3. The molecule has 5 nitrogen and oxygen atoms in total. The number of para-hydroxylation sites is 1. The number of pyridine rings is 1. The molecule has 3 aromatic rings. The van der Waals surface area contributed by atoms with E-state index in [4.69, 9.17) is 4.74 Å². The van der Waals surface area contributed by atoms with Gasteiger partial charge in [-0.25, -0.2) is 9.18 Å². The monoisotopic (exact) mass is 365 g/mol. The van der Waals surface area contributed by atoms with E-state index in [2.05, 4.69) is 10.3 Å². The van der Waals surface area contributed by atoms with Gasteiger partial charge in [0.05, 0.1) is 0 Å². The molecule has 0 unspecified atom stereocenters. The number of carbonyl (C=O) groups is 1. The van der Waals surface area contributed by atoms with Crippen molar-refractivity contribution in [3.05, 3.63) is 66.6 Å². The van der Waals surface area contributed by atoms with Crippen molar-refractivity contribution in [3.8, 4) is 5.75 Å². The number of amides is 2. The van der Waals surface area contributed by atoms with Crippen LogP contribution in [0.25, 0.3) is 10.9 Å². The van der Waals surface area contributed by atoms with Crippen LogP contribution in [0.2, 0.25) is 0 Å². The summed E-state index contributed by atoms with van der Waals surface area (Å²) in [5, 5.41) is 3.84. The molecule has 6 heteroatoms.